The first kappa shape index (κ1) is 8.97. The monoisotopic (exact) mass is 211 g/mol. The lowest BCUT2D eigenvalue weighted by Crippen LogP contribution is -1.82. The van der Waals surface area contributed by atoms with Crippen LogP contribution in [-0.4, -0.2) is 15.2 Å². The Bertz CT molecular complexity index is 692. The van der Waals surface area contributed by atoms with Crippen LogP contribution in [0.25, 0.3) is 21.7 Å². The average molecular weight is 211 g/mol. The molecule has 0 radical (unpaired) electrons. The van der Waals surface area contributed by atoms with E-state index in [0.29, 0.717) is 10.9 Å². The molecule has 0 aliphatic rings. The number of aromatic hydroxyl groups is 2. The van der Waals surface area contributed by atoms with Crippen molar-refractivity contribution < 1.29 is 10.2 Å². The van der Waals surface area contributed by atoms with Gasteiger partial charge >= 0.3 is 0 Å². The summed E-state index contributed by atoms with van der Waals surface area (Å²) in [6.45, 7) is 0. The number of pyridine rings is 1. The first-order valence-electron chi connectivity index (χ1n) is 4.95. The summed E-state index contributed by atoms with van der Waals surface area (Å²) in [5.74, 6) is 0.0760. The van der Waals surface area contributed by atoms with Crippen LogP contribution in [0.5, 0.6) is 11.5 Å². The van der Waals surface area contributed by atoms with Crippen molar-refractivity contribution in [2.75, 3.05) is 0 Å². The first-order valence-corrected chi connectivity index (χ1v) is 4.95. The van der Waals surface area contributed by atoms with E-state index in [1.54, 1.807) is 12.3 Å². The second-order valence-corrected chi connectivity index (χ2v) is 3.70. The molecule has 1 heterocycles. The summed E-state index contributed by atoms with van der Waals surface area (Å²) in [4.78, 5) is 4.21. The van der Waals surface area contributed by atoms with Crippen LogP contribution >= 0.6 is 0 Å². The molecule has 3 heteroatoms. The van der Waals surface area contributed by atoms with Crippen molar-refractivity contribution in [2.24, 2.45) is 0 Å². The molecule has 1 aromatic heterocycles. The van der Waals surface area contributed by atoms with Gasteiger partial charge in [-0.2, -0.15) is 0 Å². The number of phenols is 2. The van der Waals surface area contributed by atoms with E-state index in [1.165, 1.54) is 6.07 Å². The number of fused-ring (bicyclic) bond motifs is 3. The number of hydrogen-bond acceptors (Lipinski definition) is 3. The lowest BCUT2D eigenvalue weighted by atomic mass is 10.1. The fourth-order valence-corrected chi connectivity index (χ4v) is 1.95. The summed E-state index contributed by atoms with van der Waals surface area (Å²) in [5, 5.41) is 21.8. The minimum absolute atomic E-state index is 0.0211. The summed E-state index contributed by atoms with van der Waals surface area (Å²) in [7, 11) is 0. The zero-order valence-electron chi connectivity index (χ0n) is 8.38. The topological polar surface area (TPSA) is 53.4 Å². The van der Waals surface area contributed by atoms with Gasteiger partial charge in [-0.1, -0.05) is 24.3 Å². The minimum Gasteiger partial charge on any atom is -0.508 e. The second kappa shape index (κ2) is 3.10. The van der Waals surface area contributed by atoms with E-state index in [0.717, 1.165) is 10.8 Å². The summed E-state index contributed by atoms with van der Waals surface area (Å²) < 4.78 is 0. The molecular weight excluding hydrogens is 202 g/mol. The third-order valence-corrected chi connectivity index (χ3v) is 2.65. The van der Waals surface area contributed by atoms with Gasteiger partial charge in [0.2, 0.25) is 0 Å². The Hall–Kier alpha value is -2.29. The molecule has 0 amide bonds. The van der Waals surface area contributed by atoms with Crippen molar-refractivity contribution in [2.45, 2.75) is 0 Å². The molecule has 3 aromatic rings. The first-order chi connectivity index (χ1) is 7.75. The predicted octanol–water partition coefficient (Wildman–Crippen LogP) is 2.80. The number of hydrogen-bond donors (Lipinski definition) is 2. The highest BCUT2D eigenvalue weighted by atomic mass is 16.3. The molecule has 0 saturated carbocycles. The van der Waals surface area contributed by atoms with E-state index in [2.05, 4.69) is 4.98 Å². The summed E-state index contributed by atoms with van der Waals surface area (Å²) in [6, 6.07) is 10.6. The molecule has 0 bridgehead atoms. The molecule has 3 nitrogen and oxygen atoms in total. The van der Waals surface area contributed by atoms with Crippen LogP contribution < -0.4 is 0 Å². The van der Waals surface area contributed by atoms with Crippen LogP contribution in [0.2, 0.25) is 0 Å². The molecule has 16 heavy (non-hydrogen) atoms. The number of rotatable bonds is 0. The summed E-state index contributed by atoms with van der Waals surface area (Å²) >= 11 is 0. The Morgan fingerprint density at radius 2 is 1.81 bits per heavy atom. The van der Waals surface area contributed by atoms with Crippen LogP contribution in [0.3, 0.4) is 0 Å². The van der Waals surface area contributed by atoms with Crippen LogP contribution in [0.4, 0.5) is 0 Å². The van der Waals surface area contributed by atoms with E-state index in [-0.39, 0.29) is 11.5 Å². The van der Waals surface area contributed by atoms with Gasteiger partial charge in [0.25, 0.3) is 0 Å². The smallest absolute Gasteiger partial charge is 0.129 e. The normalized spacial score (nSPS) is 11.0. The van der Waals surface area contributed by atoms with Gasteiger partial charge in [0, 0.05) is 23.7 Å². The van der Waals surface area contributed by atoms with Gasteiger partial charge in [0.15, 0.2) is 0 Å². The summed E-state index contributed by atoms with van der Waals surface area (Å²) in [6.07, 6.45) is 1.73. The standard InChI is InChI=1S/C13H9NO2/c15-9-5-11-13(12(16)6-9)10-4-2-1-3-8(10)7-14-11/h1-7,15-16H. The fourth-order valence-electron chi connectivity index (χ4n) is 1.95. The molecule has 2 aromatic carbocycles. The molecule has 0 aliphatic heterocycles. The molecular formula is C13H9NO2. The van der Waals surface area contributed by atoms with Crippen LogP contribution in [0.1, 0.15) is 0 Å². The number of benzene rings is 2. The Kier molecular flexibility index (Phi) is 1.74. The van der Waals surface area contributed by atoms with Crippen LogP contribution in [-0.2, 0) is 0 Å². The lowest BCUT2D eigenvalue weighted by Gasteiger charge is -2.05. The van der Waals surface area contributed by atoms with E-state index >= 15 is 0 Å². The molecule has 2 N–H and O–H groups in total. The third kappa shape index (κ3) is 1.18. The van der Waals surface area contributed by atoms with E-state index in [4.69, 9.17) is 0 Å². The average Bonchev–Trinajstić information content (AvgIpc) is 2.28. The molecule has 78 valence electrons. The van der Waals surface area contributed by atoms with Gasteiger partial charge in [-0.15, -0.1) is 0 Å². The Balaban J connectivity index is 2.60. The van der Waals surface area contributed by atoms with Gasteiger partial charge < -0.3 is 10.2 Å². The lowest BCUT2D eigenvalue weighted by molar-refractivity contribution is 0.455. The molecule has 0 unspecified atom stereocenters. The fraction of sp³-hybridized carbons (Fsp3) is 0. The highest BCUT2D eigenvalue weighted by Crippen LogP contribution is 2.33. The van der Waals surface area contributed by atoms with E-state index in [9.17, 15) is 10.2 Å². The number of nitrogens with zero attached hydrogens (tertiary/aromatic N) is 1. The van der Waals surface area contributed by atoms with E-state index < -0.39 is 0 Å². The Labute approximate surface area is 91.6 Å². The molecule has 3 rings (SSSR count). The Morgan fingerprint density at radius 3 is 2.69 bits per heavy atom. The Morgan fingerprint density at radius 1 is 1.00 bits per heavy atom. The van der Waals surface area contributed by atoms with Gasteiger partial charge in [0.05, 0.1) is 10.9 Å². The van der Waals surface area contributed by atoms with Gasteiger partial charge in [0.1, 0.15) is 11.5 Å². The second-order valence-electron chi connectivity index (χ2n) is 3.70. The highest BCUT2D eigenvalue weighted by Gasteiger charge is 2.07. The van der Waals surface area contributed by atoms with Gasteiger partial charge in [-0.3, -0.25) is 4.98 Å². The van der Waals surface area contributed by atoms with Crippen LogP contribution in [0, 0.1) is 0 Å². The molecule has 0 saturated heterocycles. The predicted molar refractivity (Wildman–Crippen MR) is 62.6 cm³/mol. The van der Waals surface area contributed by atoms with Gasteiger partial charge in [-0.25, -0.2) is 0 Å². The maximum atomic E-state index is 9.85. The molecule has 0 aliphatic carbocycles. The minimum atomic E-state index is 0.0211. The van der Waals surface area contributed by atoms with Crippen molar-refractivity contribution in [3.05, 3.63) is 42.6 Å². The maximum absolute atomic E-state index is 9.85. The SMILES string of the molecule is Oc1cc(O)c2c(c1)ncc1ccccc12. The highest BCUT2D eigenvalue weighted by molar-refractivity contribution is 6.08. The van der Waals surface area contributed by atoms with Crippen molar-refractivity contribution in [1.29, 1.82) is 0 Å². The largest absolute Gasteiger partial charge is 0.508 e. The van der Waals surface area contributed by atoms with Crippen molar-refractivity contribution >= 4 is 21.7 Å². The molecule has 0 spiro atoms. The molecule has 0 fully saturated rings. The van der Waals surface area contributed by atoms with Crippen molar-refractivity contribution in [1.82, 2.24) is 4.98 Å². The van der Waals surface area contributed by atoms with Crippen molar-refractivity contribution in [3.63, 3.8) is 0 Å². The van der Waals surface area contributed by atoms with Crippen LogP contribution in [0.15, 0.2) is 42.6 Å². The van der Waals surface area contributed by atoms with Crippen molar-refractivity contribution in [3.8, 4) is 11.5 Å². The zero-order chi connectivity index (χ0) is 11.1. The summed E-state index contributed by atoms with van der Waals surface area (Å²) in [5.41, 5.74) is 0.594. The third-order valence-electron chi connectivity index (χ3n) is 2.65. The van der Waals surface area contributed by atoms with E-state index in [1.807, 2.05) is 24.3 Å². The quantitative estimate of drug-likeness (QED) is 0.562. The number of phenolic OH excluding ortho intramolecular Hbond substituents is 2. The van der Waals surface area contributed by atoms with Gasteiger partial charge in [-0.05, 0) is 5.39 Å². The zero-order valence-corrected chi connectivity index (χ0v) is 8.38. The molecule has 0 atom stereocenters. The maximum Gasteiger partial charge on any atom is 0.129 e. The number of aromatic nitrogens is 1.